The third kappa shape index (κ3) is 2.89. The molecule has 0 aliphatic carbocycles. The summed E-state index contributed by atoms with van der Waals surface area (Å²) in [7, 11) is -3.07. The summed E-state index contributed by atoms with van der Waals surface area (Å²) in [5.74, 6) is 0.947. The average Bonchev–Trinajstić information content (AvgIpc) is 2.92. The highest BCUT2D eigenvalue weighted by Crippen LogP contribution is 2.40. The van der Waals surface area contributed by atoms with Crippen molar-refractivity contribution in [2.45, 2.75) is 26.2 Å². The van der Waals surface area contributed by atoms with E-state index in [2.05, 4.69) is 14.9 Å². The lowest BCUT2D eigenvalue weighted by atomic mass is 9.79. The van der Waals surface area contributed by atoms with Crippen molar-refractivity contribution < 1.29 is 8.42 Å². The highest BCUT2D eigenvalue weighted by Gasteiger charge is 2.44. The van der Waals surface area contributed by atoms with Gasteiger partial charge < -0.3 is 4.90 Å². The van der Waals surface area contributed by atoms with Crippen LogP contribution in [0.5, 0.6) is 0 Å². The maximum atomic E-state index is 12.1. The first-order chi connectivity index (χ1) is 10.0. The molecular formula is C14H22N4O2S. The van der Waals surface area contributed by atoms with E-state index in [0.29, 0.717) is 13.1 Å². The van der Waals surface area contributed by atoms with Crippen LogP contribution in [0.15, 0.2) is 18.5 Å². The number of anilines is 1. The molecule has 0 radical (unpaired) electrons. The van der Waals surface area contributed by atoms with Crippen molar-refractivity contribution in [2.24, 2.45) is 5.41 Å². The van der Waals surface area contributed by atoms with Crippen molar-refractivity contribution in [3.8, 4) is 0 Å². The van der Waals surface area contributed by atoms with Crippen molar-refractivity contribution in [3.63, 3.8) is 0 Å². The fourth-order valence-electron chi connectivity index (χ4n) is 3.48. The van der Waals surface area contributed by atoms with E-state index in [0.717, 1.165) is 38.3 Å². The van der Waals surface area contributed by atoms with Crippen LogP contribution in [0, 0.1) is 5.41 Å². The molecule has 6 nitrogen and oxygen atoms in total. The summed E-state index contributed by atoms with van der Waals surface area (Å²) in [4.78, 5) is 10.8. The molecule has 0 aromatic carbocycles. The van der Waals surface area contributed by atoms with Crippen LogP contribution < -0.4 is 4.90 Å². The molecule has 2 aliphatic heterocycles. The summed E-state index contributed by atoms with van der Waals surface area (Å²) >= 11 is 0. The van der Waals surface area contributed by atoms with Crippen molar-refractivity contribution in [3.05, 3.63) is 18.5 Å². The first kappa shape index (κ1) is 14.7. The second kappa shape index (κ2) is 5.53. The van der Waals surface area contributed by atoms with E-state index in [1.54, 1.807) is 23.6 Å². The molecule has 1 aromatic heterocycles. The van der Waals surface area contributed by atoms with E-state index in [1.165, 1.54) is 0 Å². The lowest BCUT2D eigenvalue weighted by molar-refractivity contribution is 0.246. The topological polar surface area (TPSA) is 66.4 Å². The molecular weight excluding hydrogens is 288 g/mol. The molecule has 1 atom stereocenters. The summed E-state index contributed by atoms with van der Waals surface area (Å²) in [6.07, 6.45) is 6.61. The molecule has 21 heavy (non-hydrogen) atoms. The van der Waals surface area contributed by atoms with Crippen LogP contribution in [-0.4, -0.2) is 54.6 Å². The monoisotopic (exact) mass is 310 g/mol. The smallest absolute Gasteiger partial charge is 0.225 e. The van der Waals surface area contributed by atoms with Gasteiger partial charge >= 0.3 is 0 Å². The largest absolute Gasteiger partial charge is 0.340 e. The Hall–Kier alpha value is -1.21. The van der Waals surface area contributed by atoms with Gasteiger partial charge in [0.25, 0.3) is 0 Å². The third-order valence-electron chi connectivity index (χ3n) is 4.66. The van der Waals surface area contributed by atoms with Gasteiger partial charge in [0.05, 0.1) is 5.75 Å². The van der Waals surface area contributed by atoms with Crippen LogP contribution >= 0.6 is 0 Å². The maximum absolute atomic E-state index is 12.1. The molecule has 0 N–H and O–H groups in total. The number of hydrogen-bond acceptors (Lipinski definition) is 5. The molecule has 2 saturated heterocycles. The number of hydrogen-bond donors (Lipinski definition) is 0. The molecule has 0 bridgehead atoms. The molecule has 0 unspecified atom stereocenters. The van der Waals surface area contributed by atoms with Gasteiger partial charge in [0.15, 0.2) is 0 Å². The zero-order chi connectivity index (χ0) is 14.9. The Morgan fingerprint density at radius 3 is 2.67 bits per heavy atom. The minimum atomic E-state index is -3.07. The van der Waals surface area contributed by atoms with Gasteiger partial charge in [0.2, 0.25) is 16.0 Å². The van der Waals surface area contributed by atoms with E-state index >= 15 is 0 Å². The van der Waals surface area contributed by atoms with Gasteiger partial charge in [-0.3, -0.25) is 0 Å². The van der Waals surface area contributed by atoms with Crippen LogP contribution in [0.2, 0.25) is 0 Å². The number of nitrogens with zero attached hydrogens (tertiary/aromatic N) is 4. The van der Waals surface area contributed by atoms with Gasteiger partial charge in [-0.15, -0.1) is 0 Å². The average molecular weight is 310 g/mol. The summed E-state index contributed by atoms with van der Waals surface area (Å²) in [5.41, 5.74) is 0.0691. The molecule has 7 heteroatoms. The summed E-state index contributed by atoms with van der Waals surface area (Å²) in [6.45, 7) is 4.82. The molecule has 1 aromatic rings. The SMILES string of the molecule is CCS(=O)(=O)N1CC[C@]2(CCCN(c3ncccn3)C2)C1. The van der Waals surface area contributed by atoms with Crippen LogP contribution in [0.4, 0.5) is 5.95 Å². The van der Waals surface area contributed by atoms with E-state index in [1.807, 2.05) is 6.07 Å². The summed E-state index contributed by atoms with van der Waals surface area (Å²) < 4.78 is 25.8. The van der Waals surface area contributed by atoms with Gasteiger partial charge in [0, 0.05) is 44.0 Å². The number of piperidine rings is 1. The predicted octanol–water partition coefficient (Wildman–Crippen LogP) is 1.12. The fourth-order valence-corrected chi connectivity index (χ4v) is 4.69. The Morgan fingerprint density at radius 2 is 1.95 bits per heavy atom. The number of rotatable bonds is 3. The van der Waals surface area contributed by atoms with Crippen LogP contribution in [0.3, 0.4) is 0 Å². The van der Waals surface area contributed by atoms with E-state index in [9.17, 15) is 8.42 Å². The lowest BCUT2D eigenvalue weighted by Crippen LogP contribution is -2.46. The molecule has 116 valence electrons. The summed E-state index contributed by atoms with van der Waals surface area (Å²) in [6, 6.07) is 1.81. The summed E-state index contributed by atoms with van der Waals surface area (Å²) in [5, 5.41) is 0. The van der Waals surface area contributed by atoms with E-state index < -0.39 is 10.0 Å². The molecule has 2 aliphatic rings. The highest BCUT2D eigenvalue weighted by molar-refractivity contribution is 7.89. The van der Waals surface area contributed by atoms with Crippen LogP contribution in [0.25, 0.3) is 0 Å². The normalized spacial score (nSPS) is 27.4. The molecule has 1 spiro atoms. The minimum Gasteiger partial charge on any atom is -0.340 e. The van der Waals surface area contributed by atoms with Crippen molar-refractivity contribution in [1.82, 2.24) is 14.3 Å². The predicted molar refractivity (Wildman–Crippen MR) is 81.6 cm³/mol. The zero-order valence-corrected chi connectivity index (χ0v) is 13.2. The second-order valence-corrected chi connectivity index (χ2v) is 8.32. The molecule has 0 amide bonds. The van der Waals surface area contributed by atoms with Gasteiger partial charge in [-0.25, -0.2) is 22.7 Å². The van der Waals surface area contributed by atoms with Crippen molar-refractivity contribution in [2.75, 3.05) is 36.8 Å². The zero-order valence-electron chi connectivity index (χ0n) is 12.4. The quantitative estimate of drug-likeness (QED) is 0.837. The van der Waals surface area contributed by atoms with Crippen LogP contribution in [-0.2, 0) is 10.0 Å². The number of sulfonamides is 1. The molecule has 3 heterocycles. The van der Waals surface area contributed by atoms with E-state index in [4.69, 9.17) is 0 Å². The maximum Gasteiger partial charge on any atom is 0.225 e. The third-order valence-corrected chi connectivity index (χ3v) is 6.49. The van der Waals surface area contributed by atoms with Gasteiger partial charge in [-0.1, -0.05) is 0 Å². The first-order valence-electron chi connectivity index (χ1n) is 7.54. The van der Waals surface area contributed by atoms with Gasteiger partial charge in [-0.2, -0.15) is 0 Å². The Kier molecular flexibility index (Phi) is 3.88. The Morgan fingerprint density at radius 1 is 1.19 bits per heavy atom. The molecule has 3 rings (SSSR count). The van der Waals surface area contributed by atoms with Gasteiger partial charge in [0.1, 0.15) is 0 Å². The molecule has 0 saturated carbocycles. The first-order valence-corrected chi connectivity index (χ1v) is 9.15. The second-order valence-electron chi connectivity index (χ2n) is 6.06. The Bertz CT molecular complexity index is 592. The lowest BCUT2D eigenvalue weighted by Gasteiger charge is -2.40. The standard InChI is InChI=1S/C14H22N4O2S/c1-2-21(19,20)18-10-6-14(12-18)5-3-9-17(11-14)13-15-7-4-8-16-13/h4,7-8H,2-3,5-6,9-12H2,1H3/t14-/m0/s1. The fraction of sp³-hybridized carbons (Fsp3) is 0.714. The van der Waals surface area contributed by atoms with E-state index in [-0.39, 0.29) is 11.2 Å². The van der Waals surface area contributed by atoms with Crippen molar-refractivity contribution in [1.29, 1.82) is 0 Å². The van der Waals surface area contributed by atoms with Gasteiger partial charge in [-0.05, 0) is 32.3 Å². The minimum absolute atomic E-state index is 0.0691. The highest BCUT2D eigenvalue weighted by atomic mass is 32.2. The Labute approximate surface area is 126 Å². The Balaban J connectivity index is 1.75. The molecule has 2 fully saturated rings. The van der Waals surface area contributed by atoms with Crippen molar-refractivity contribution >= 4 is 16.0 Å². The van der Waals surface area contributed by atoms with Crippen LogP contribution in [0.1, 0.15) is 26.2 Å². The number of aromatic nitrogens is 2.